The average Bonchev–Trinajstić information content (AvgIpc) is 3.21. The summed E-state index contributed by atoms with van der Waals surface area (Å²) in [5.41, 5.74) is 0. The molecule has 2 aliphatic carbocycles. The van der Waals surface area contributed by atoms with E-state index in [0.29, 0.717) is 19.2 Å². The van der Waals surface area contributed by atoms with Gasteiger partial charge in [-0.1, -0.05) is 25.7 Å². The fourth-order valence-corrected chi connectivity index (χ4v) is 2.58. The lowest BCUT2D eigenvalue weighted by atomic mass is 10.1. The second kappa shape index (κ2) is 8.54. The van der Waals surface area contributed by atoms with Gasteiger partial charge < -0.3 is 15.4 Å². The smallest absolute Gasteiger partial charge is 0.234 e. The predicted octanol–water partition coefficient (Wildman–Crippen LogP) is 1.84. The van der Waals surface area contributed by atoms with Crippen molar-refractivity contribution in [2.24, 2.45) is 5.92 Å². The zero-order valence-electron chi connectivity index (χ0n) is 12.0. The van der Waals surface area contributed by atoms with Crippen LogP contribution in [0.25, 0.3) is 0 Å². The minimum Gasteiger partial charge on any atom is -0.380 e. The van der Waals surface area contributed by atoms with Crippen molar-refractivity contribution in [3.8, 4) is 0 Å². The fourth-order valence-electron chi connectivity index (χ4n) is 2.58. The maximum Gasteiger partial charge on any atom is 0.234 e. The topological polar surface area (TPSA) is 50.4 Å². The fraction of sp³-hybridized carbons (Fsp3) is 0.933. The van der Waals surface area contributed by atoms with Gasteiger partial charge in [-0.3, -0.25) is 4.79 Å². The van der Waals surface area contributed by atoms with Gasteiger partial charge in [-0.2, -0.15) is 0 Å². The molecule has 0 aromatic carbocycles. The van der Waals surface area contributed by atoms with Crippen LogP contribution in [0.15, 0.2) is 0 Å². The summed E-state index contributed by atoms with van der Waals surface area (Å²) in [4.78, 5) is 11.8. The molecule has 0 heterocycles. The van der Waals surface area contributed by atoms with Crippen LogP contribution in [0.3, 0.4) is 0 Å². The summed E-state index contributed by atoms with van der Waals surface area (Å²) in [7, 11) is 0. The van der Waals surface area contributed by atoms with Crippen molar-refractivity contribution in [2.45, 2.75) is 57.4 Å². The van der Waals surface area contributed by atoms with Crippen LogP contribution < -0.4 is 10.6 Å². The number of amides is 1. The van der Waals surface area contributed by atoms with E-state index in [2.05, 4.69) is 10.6 Å². The summed E-state index contributed by atoms with van der Waals surface area (Å²) >= 11 is 0. The minimum absolute atomic E-state index is 0.133. The van der Waals surface area contributed by atoms with E-state index in [4.69, 9.17) is 4.74 Å². The highest BCUT2D eigenvalue weighted by atomic mass is 16.5. The molecule has 110 valence electrons. The average molecular weight is 268 g/mol. The molecule has 4 nitrogen and oxygen atoms in total. The first-order valence-corrected chi connectivity index (χ1v) is 7.92. The number of hydrogen-bond acceptors (Lipinski definition) is 3. The van der Waals surface area contributed by atoms with Crippen molar-refractivity contribution in [1.82, 2.24) is 10.6 Å². The Morgan fingerprint density at radius 2 is 1.79 bits per heavy atom. The van der Waals surface area contributed by atoms with Gasteiger partial charge >= 0.3 is 0 Å². The van der Waals surface area contributed by atoms with Gasteiger partial charge in [-0.15, -0.1) is 0 Å². The lowest BCUT2D eigenvalue weighted by Crippen LogP contribution is -2.40. The van der Waals surface area contributed by atoms with Crippen molar-refractivity contribution < 1.29 is 9.53 Å². The highest BCUT2D eigenvalue weighted by molar-refractivity contribution is 5.78. The molecule has 0 unspecified atom stereocenters. The number of nitrogens with one attached hydrogen (secondary N) is 2. The number of carbonyl (C=O) groups excluding carboxylic acids is 1. The van der Waals surface area contributed by atoms with Gasteiger partial charge in [0.2, 0.25) is 5.91 Å². The number of hydrogen-bond donors (Lipinski definition) is 2. The summed E-state index contributed by atoms with van der Waals surface area (Å²) in [5.74, 6) is 0.952. The van der Waals surface area contributed by atoms with Crippen molar-refractivity contribution >= 4 is 5.91 Å². The molecule has 4 heteroatoms. The molecule has 0 bridgehead atoms. The van der Waals surface area contributed by atoms with Gasteiger partial charge in [-0.05, 0) is 31.6 Å². The second-order valence-corrected chi connectivity index (χ2v) is 5.95. The van der Waals surface area contributed by atoms with Gasteiger partial charge in [0.15, 0.2) is 0 Å². The molecule has 0 aromatic rings. The highest BCUT2D eigenvalue weighted by Crippen LogP contribution is 2.28. The largest absolute Gasteiger partial charge is 0.380 e. The van der Waals surface area contributed by atoms with Crippen molar-refractivity contribution in [1.29, 1.82) is 0 Å². The molecule has 0 saturated heterocycles. The van der Waals surface area contributed by atoms with Crippen LogP contribution in [0.2, 0.25) is 0 Å². The van der Waals surface area contributed by atoms with Crippen LogP contribution in [-0.2, 0) is 9.53 Å². The van der Waals surface area contributed by atoms with E-state index in [1.165, 1.54) is 38.5 Å². The lowest BCUT2D eigenvalue weighted by Gasteiger charge is -2.16. The van der Waals surface area contributed by atoms with Crippen LogP contribution in [0.5, 0.6) is 0 Å². The van der Waals surface area contributed by atoms with Crippen LogP contribution >= 0.6 is 0 Å². The predicted molar refractivity (Wildman–Crippen MR) is 76.0 cm³/mol. The molecule has 0 radical (unpaired) electrons. The number of ether oxygens (including phenoxy) is 1. The summed E-state index contributed by atoms with van der Waals surface area (Å²) in [6.07, 6.45) is 10.1. The van der Waals surface area contributed by atoms with Gasteiger partial charge in [0.1, 0.15) is 0 Å². The molecular weight excluding hydrogens is 240 g/mol. The van der Waals surface area contributed by atoms with Gasteiger partial charge in [0, 0.05) is 19.2 Å². The SMILES string of the molecule is O=C(CNCCOCC1CC1)NC1CCCCCC1. The van der Waals surface area contributed by atoms with Crippen LogP contribution in [0.1, 0.15) is 51.4 Å². The number of carbonyl (C=O) groups is 1. The maximum atomic E-state index is 11.8. The molecule has 0 aromatic heterocycles. The summed E-state index contributed by atoms with van der Waals surface area (Å²) in [6, 6.07) is 0.405. The Kier molecular flexibility index (Phi) is 6.65. The first kappa shape index (κ1) is 14.8. The molecule has 1 amide bonds. The Bertz CT molecular complexity index is 259. The zero-order chi connectivity index (χ0) is 13.3. The molecule has 19 heavy (non-hydrogen) atoms. The van der Waals surface area contributed by atoms with Crippen molar-refractivity contribution in [3.63, 3.8) is 0 Å². The molecule has 0 spiro atoms. The third-order valence-corrected chi connectivity index (χ3v) is 3.98. The van der Waals surface area contributed by atoms with Gasteiger partial charge in [0.05, 0.1) is 13.2 Å². The normalized spacial score (nSPS) is 21.1. The van der Waals surface area contributed by atoms with E-state index in [9.17, 15) is 4.79 Å². The molecule has 2 saturated carbocycles. The monoisotopic (exact) mass is 268 g/mol. The van der Waals surface area contributed by atoms with Crippen LogP contribution in [-0.4, -0.2) is 38.3 Å². The number of rotatable bonds is 8. The second-order valence-electron chi connectivity index (χ2n) is 5.95. The molecule has 2 rings (SSSR count). The van der Waals surface area contributed by atoms with Crippen molar-refractivity contribution in [3.05, 3.63) is 0 Å². The summed E-state index contributed by atoms with van der Waals surface area (Å²) in [6.45, 7) is 2.80. The quantitative estimate of drug-likeness (QED) is 0.522. The van der Waals surface area contributed by atoms with E-state index in [1.54, 1.807) is 0 Å². The molecule has 2 N–H and O–H groups in total. The van der Waals surface area contributed by atoms with Gasteiger partial charge in [-0.25, -0.2) is 0 Å². The molecular formula is C15H28N2O2. The van der Waals surface area contributed by atoms with Crippen molar-refractivity contribution in [2.75, 3.05) is 26.3 Å². The maximum absolute atomic E-state index is 11.8. The minimum atomic E-state index is 0.133. The lowest BCUT2D eigenvalue weighted by molar-refractivity contribution is -0.121. The van der Waals surface area contributed by atoms with E-state index in [-0.39, 0.29) is 5.91 Å². The highest BCUT2D eigenvalue weighted by Gasteiger charge is 2.20. The van der Waals surface area contributed by atoms with E-state index in [0.717, 1.165) is 31.9 Å². The van der Waals surface area contributed by atoms with E-state index >= 15 is 0 Å². The first-order valence-electron chi connectivity index (χ1n) is 7.92. The summed E-state index contributed by atoms with van der Waals surface area (Å²) < 4.78 is 5.51. The standard InChI is InChI=1S/C15H28N2O2/c18-15(17-14-5-3-1-2-4-6-14)11-16-9-10-19-12-13-7-8-13/h13-14,16H,1-12H2,(H,17,18). The Morgan fingerprint density at radius 1 is 1.05 bits per heavy atom. The van der Waals surface area contributed by atoms with E-state index in [1.807, 2.05) is 0 Å². The third-order valence-electron chi connectivity index (χ3n) is 3.98. The molecule has 2 fully saturated rings. The molecule has 0 atom stereocenters. The van der Waals surface area contributed by atoms with Crippen LogP contribution in [0.4, 0.5) is 0 Å². The first-order chi connectivity index (χ1) is 9.34. The zero-order valence-corrected chi connectivity index (χ0v) is 12.0. The Hall–Kier alpha value is -0.610. The third kappa shape index (κ3) is 6.92. The molecule has 2 aliphatic rings. The molecule has 0 aliphatic heterocycles. The summed E-state index contributed by atoms with van der Waals surface area (Å²) in [5, 5.41) is 6.28. The van der Waals surface area contributed by atoms with E-state index < -0.39 is 0 Å². The Balaban J connectivity index is 1.44. The Labute approximate surface area is 116 Å². The Morgan fingerprint density at radius 3 is 2.47 bits per heavy atom. The van der Waals surface area contributed by atoms with Crippen LogP contribution in [0, 0.1) is 5.92 Å². The van der Waals surface area contributed by atoms with Gasteiger partial charge in [0.25, 0.3) is 0 Å².